The maximum atomic E-state index is 11.9. The summed E-state index contributed by atoms with van der Waals surface area (Å²) in [5.74, 6) is 0.335. The van der Waals surface area contributed by atoms with Gasteiger partial charge in [-0.1, -0.05) is 12.8 Å². The summed E-state index contributed by atoms with van der Waals surface area (Å²) in [7, 11) is 0. The van der Waals surface area contributed by atoms with E-state index in [0.717, 1.165) is 18.6 Å². The average molecular weight is 361 g/mol. The van der Waals surface area contributed by atoms with Gasteiger partial charge in [-0.2, -0.15) is 0 Å². The van der Waals surface area contributed by atoms with Crippen LogP contribution in [0.2, 0.25) is 0 Å². The lowest BCUT2D eigenvalue weighted by atomic mass is 10.0. The molecule has 1 aromatic carbocycles. The summed E-state index contributed by atoms with van der Waals surface area (Å²) in [5, 5.41) is 2.72. The van der Waals surface area contributed by atoms with Gasteiger partial charge in [0, 0.05) is 24.9 Å². The summed E-state index contributed by atoms with van der Waals surface area (Å²) in [6.45, 7) is 2.48. The molecule has 0 aromatic heterocycles. The number of hydrazine groups is 1. The van der Waals surface area contributed by atoms with E-state index in [1.165, 1.54) is 12.8 Å². The number of benzene rings is 1. The molecular formula is C19H27N3O4. The lowest BCUT2D eigenvalue weighted by Crippen LogP contribution is -2.42. The van der Waals surface area contributed by atoms with Gasteiger partial charge in [0.1, 0.15) is 5.75 Å². The minimum Gasteiger partial charge on any atom is -0.494 e. The van der Waals surface area contributed by atoms with E-state index in [9.17, 15) is 14.4 Å². The molecule has 3 amide bonds. The molecular weight excluding hydrogens is 334 g/mol. The molecule has 0 unspecified atom stereocenters. The summed E-state index contributed by atoms with van der Waals surface area (Å²) < 4.78 is 5.33. The van der Waals surface area contributed by atoms with Crippen molar-refractivity contribution in [2.75, 3.05) is 11.9 Å². The molecule has 1 aliphatic carbocycles. The highest BCUT2D eigenvalue weighted by molar-refractivity contribution is 5.93. The van der Waals surface area contributed by atoms with Gasteiger partial charge in [0.05, 0.1) is 6.61 Å². The lowest BCUT2D eigenvalue weighted by molar-refractivity contribution is -0.130. The lowest BCUT2D eigenvalue weighted by Gasteiger charge is -2.11. The van der Waals surface area contributed by atoms with Crippen LogP contribution in [0.5, 0.6) is 5.75 Å². The first-order valence-corrected chi connectivity index (χ1v) is 9.17. The Morgan fingerprint density at radius 1 is 0.962 bits per heavy atom. The van der Waals surface area contributed by atoms with E-state index < -0.39 is 0 Å². The van der Waals surface area contributed by atoms with Crippen LogP contribution in [0.3, 0.4) is 0 Å². The Bertz CT molecular complexity index is 610. The molecule has 0 heterocycles. The fraction of sp³-hybridized carbons (Fsp3) is 0.526. The monoisotopic (exact) mass is 361 g/mol. The number of amides is 3. The van der Waals surface area contributed by atoms with E-state index in [1.807, 2.05) is 6.92 Å². The molecule has 1 saturated carbocycles. The maximum Gasteiger partial charge on any atom is 0.238 e. The van der Waals surface area contributed by atoms with Gasteiger partial charge in [-0.3, -0.25) is 25.2 Å². The topological polar surface area (TPSA) is 96.5 Å². The molecule has 3 N–H and O–H groups in total. The highest BCUT2D eigenvalue weighted by atomic mass is 16.5. The molecule has 0 saturated heterocycles. The van der Waals surface area contributed by atoms with E-state index >= 15 is 0 Å². The first-order chi connectivity index (χ1) is 12.6. The van der Waals surface area contributed by atoms with Crippen molar-refractivity contribution >= 4 is 23.4 Å². The van der Waals surface area contributed by atoms with Crippen molar-refractivity contribution in [3.63, 3.8) is 0 Å². The van der Waals surface area contributed by atoms with Gasteiger partial charge in [0.2, 0.25) is 17.7 Å². The Labute approximate surface area is 153 Å². The van der Waals surface area contributed by atoms with Crippen molar-refractivity contribution in [1.29, 1.82) is 0 Å². The zero-order valence-corrected chi connectivity index (χ0v) is 15.2. The molecule has 1 aromatic rings. The molecule has 0 spiro atoms. The maximum absolute atomic E-state index is 11.9. The second kappa shape index (κ2) is 10.4. The highest BCUT2D eigenvalue weighted by Gasteiger charge is 2.18. The Kier molecular flexibility index (Phi) is 7.92. The summed E-state index contributed by atoms with van der Waals surface area (Å²) in [5.41, 5.74) is 5.42. The first-order valence-electron chi connectivity index (χ1n) is 9.17. The third-order valence-electron chi connectivity index (χ3n) is 4.32. The number of anilines is 1. The van der Waals surface area contributed by atoms with Crippen molar-refractivity contribution in [2.45, 2.75) is 51.9 Å². The molecule has 7 heteroatoms. The highest BCUT2D eigenvalue weighted by Crippen LogP contribution is 2.27. The van der Waals surface area contributed by atoms with Gasteiger partial charge in [0.15, 0.2) is 0 Å². The number of carbonyl (C=O) groups is 3. The van der Waals surface area contributed by atoms with Crippen molar-refractivity contribution in [3.8, 4) is 5.75 Å². The first kappa shape index (κ1) is 19.8. The predicted molar refractivity (Wildman–Crippen MR) is 98.3 cm³/mol. The van der Waals surface area contributed by atoms with Gasteiger partial charge in [-0.15, -0.1) is 0 Å². The van der Waals surface area contributed by atoms with E-state index in [2.05, 4.69) is 16.2 Å². The van der Waals surface area contributed by atoms with Crippen molar-refractivity contribution in [1.82, 2.24) is 10.9 Å². The van der Waals surface area contributed by atoms with Crippen LogP contribution in [-0.4, -0.2) is 24.3 Å². The third kappa shape index (κ3) is 7.13. The van der Waals surface area contributed by atoms with E-state index in [0.29, 0.717) is 24.6 Å². The number of carbonyl (C=O) groups excluding carboxylic acids is 3. The van der Waals surface area contributed by atoms with Crippen molar-refractivity contribution in [2.24, 2.45) is 5.92 Å². The molecule has 0 atom stereocenters. The largest absolute Gasteiger partial charge is 0.494 e. The molecule has 0 bridgehead atoms. The van der Waals surface area contributed by atoms with E-state index in [1.54, 1.807) is 24.3 Å². The summed E-state index contributed by atoms with van der Waals surface area (Å²) >= 11 is 0. The number of hydrogen-bond donors (Lipinski definition) is 3. The van der Waals surface area contributed by atoms with E-state index in [4.69, 9.17) is 4.74 Å². The van der Waals surface area contributed by atoms with Crippen LogP contribution in [0, 0.1) is 5.92 Å². The molecule has 0 aliphatic heterocycles. The van der Waals surface area contributed by atoms with Crippen LogP contribution in [0.1, 0.15) is 51.9 Å². The second-order valence-corrected chi connectivity index (χ2v) is 6.46. The standard InChI is InChI=1S/C19H27N3O4/c1-2-26-16-9-7-15(8-10-16)20-17(23)11-12-18(24)21-22-19(25)13-14-5-3-4-6-14/h7-10,14H,2-6,11-13H2,1H3,(H,20,23)(H,21,24)(H,22,25). The molecule has 2 rings (SSSR count). The molecule has 142 valence electrons. The SMILES string of the molecule is CCOc1ccc(NC(=O)CCC(=O)NNC(=O)CC2CCCC2)cc1. The zero-order chi connectivity index (χ0) is 18.8. The van der Waals surface area contributed by atoms with Gasteiger partial charge >= 0.3 is 0 Å². The fourth-order valence-corrected chi connectivity index (χ4v) is 2.98. The van der Waals surface area contributed by atoms with Crippen molar-refractivity contribution < 1.29 is 19.1 Å². The smallest absolute Gasteiger partial charge is 0.238 e. The third-order valence-corrected chi connectivity index (χ3v) is 4.32. The van der Waals surface area contributed by atoms with Gasteiger partial charge < -0.3 is 10.1 Å². The van der Waals surface area contributed by atoms with Crippen LogP contribution in [-0.2, 0) is 14.4 Å². The Morgan fingerprint density at radius 3 is 2.23 bits per heavy atom. The minimum atomic E-state index is -0.383. The predicted octanol–water partition coefficient (Wildman–Crippen LogP) is 2.53. The van der Waals surface area contributed by atoms with Crippen LogP contribution < -0.4 is 20.9 Å². The average Bonchev–Trinajstić information content (AvgIpc) is 3.13. The molecule has 1 fully saturated rings. The molecule has 26 heavy (non-hydrogen) atoms. The summed E-state index contributed by atoms with van der Waals surface area (Å²) in [6.07, 6.45) is 4.99. The Balaban J connectivity index is 1.61. The van der Waals surface area contributed by atoms with Gasteiger partial charge in [-0.25, -0.2) is 0 Å². The van der Waals surface area contributed by atoms with Gasteiger partial charge in [0.25, 0.3) is 0 Å². The van der Waals surface area contributed by atoms with Crippen LogP contribution in [0.4, 0.5) is 5.69 Å². The Morgan fingerprint density at radius 2 is 1.58 bits per heavy atom. The zero-order valence-electron chi connectivity index (χ0n) is 15.2. The normalized spacial score (nSPS) is 13.9. The van der Waals surface area contributed by atoms with E-state index in [-0.39, 0.29) is 30.6 Å². The van der Waals surface area contributed by atoms with Crippen molar-refractivity contribution in [3.05, 3.63) is 24.3 Å². The number of rotatable bonds is 8. The molecule has 7 nitrogen and oxygen atoms in total. The minimum absolute atomic E-state index is 0.00652. The Hall–Kier alpha value is -2.57. The quantitative estimate of drug-likeness (QED) is 0.620. The van der Waals surface area contributed by atoms with Gasteiger partial charge in [-0.05, 0) is 49.9 Å². The number of hydrogen-bond acceptors (Lipinski definition) is 4. The molecule has 0 radical (unpaired) electrons. The fourth-order valence-electron chi connectivity index (χ4n) is 2.98. The van der Waals surface area contributed by atoms with Crippen LogP contribution in [0.25, 0.3) is 0 Å². The van der Waals surface area contributed by atoms with Crippen LogP contribution >= 0.6 is 0 Å². The number of ether oxygens (including phenoxy) is 1. The second-order valence-electron chi connectivity index (χ2n) is 6.46. The molecule has 1 aliphatic rings. The summed E-state index contributed by atoms with van der Waals surface area (Å²) in [6, 6.07) is 7.02. The summed E-state index contributed by atoms with van der Waals surface area (Å²) in [4.78, 5) is 35.4. The number of nitrogens with one attached hydrogen (secondary N) is 3. The van der Waals surface area contributed by atoms with Crippen LogP contribution in [0.15, 0.2) is 24.3 Å².